The average Bonchev–Trinajstić information content (AvgIpc) is 2.78. The van der Waals surface area contributed by atoms with Crippen molar-refractivity contribution in [3.05, 3.63) is 89.5 Å². The number of anilines is 1. The van der Waals surface area contributed by atoms with Gasteiger partial charge in [-0.2, -0.15) is 0 Å². The highest BCUT2D eigenvalue weighted by atomic mass is 32.2. The lowest BCUT2D eigenvalue weighted by Gasteiger charge is -2.20. The van der Waals surface area contributed by atoms with E-state index in [1.54, 1.807) is 48.5 Å². The molecule has 0 atom stereocenters. The van der Waals surface area contributed by atoms with Gasteiger partial charge in [-0.05, 0) is 92.4 Å². The van der Waals surface area contributed by atoms with Gasteiger partial charge in [0.1, 0.15) is 0 Å². The van der Waals surface area contributed by atoms with Gasteiger partial charge in [0.25, 0.3) is 11.8 Å². The van der Waals surface area contributed by atoms with Crippen molar-refractivity contribution >= 4 is 27.3 Å². The Morgan fingerprint density at radius 1 is 0.629 bits per heavy atom. The van der Waals surface area contributed by atoms with Crippen LogP contribution in [0.3, 0.4) is 0 Å². The molecule has 0 bridgehead atoms. The molecule has 0 aliphatic heterocycles. The first-order chi connectivity index (χ1) is 16.2. The maximum absolute atomic E-state index is 13.0. The quantitative estimate of drug-likeness (QED) is 0.485. The third kappa shape index (κ3) is 6.57. The molecule has 7 heteroatoms. The smallest absolute Gasteiger partial charge is 0.255 e. The first kappa shape index (κ1) is 26.2. The zero-order chi connectivity index (χ0) is 26.0. The monoisotopic (exact) mass is 492 g/mol. The molecule has 0 saturated carbocycles. The van der Waals surface area contributed by atoms with Gasteiger partial charge < -0.3 is 10.6 Å². The van der Waals surface area contributed by atoms with E-state index >= 15 is 0 Å². The maximum atomic E-state index is 13.0. The topological polar surface area (TPSA) is 92.3 Å². The molecule has 35 heavy (non-hydrogen) atoms. The molecule has 0 aliphatic rings. The van der Waals surface area contributed by atoms with Gasteiger partial charge in [0, 0.05) is 22.4 Å². The van der Waals surface area contributed by atoms with Crippen LogP contribution in [0.5, 0.6) is 0 Å². The molecule has 0 radical (unpaired) electrons. The molecule has 0 saturated heterocycles. The summed E-state index contributed by atoms with van der Waals surface area (Å²) in [5.74, 6) is -0.574. The molecule has 0 spiro atoms. The van der Waals surface area contributed by atoms with Crippen LogP contribution in [0.15, 0.2) is 82.6 Å². The van der Waals surface area contributed by atoms with Gasteiger partial charge in [0.15, 0.2) is 0 Å². The second-order valence-corrected chi connectivity index (χ2v) is 12.5. The summed E-state index contributed by atoms with van der Waals surface area (Å²) in [5.41, 5.74) is 1.93. The second-order valence-electron chi connectivity index (χ2n) is 10.5. The Kier molecular flexibility index (Phi) is 7.22. The van der Waals surface area contributed by atoms with Crippen LogP contribution < -0.4 is 10.6 Å². The predicted octanol–water partition coefficient (Wildman–Crippen LogP) is 5.60. The number of carbonyl (C=O) groups excluding carboxylic acids is 2. The number of benzene rings is 3. The molecule has 3 aromatic rings. The minimum atomic E-state index is -3.68. The number of amides is 2. The Morgan fingerprint density at radius 2 is 1.06 bits per heavy atom. The van der Waals surface area contributed by atoms with Crippen LogP contribution in [0.4, 0.5) is 5.69 Å². The molecular weight excluding hydrogens is 460 g/mol. The van der Waals surface area contributed by atoms with Gasteiger partial charge in [-0.25, -0.2) is 8.42 Å². The fraction of sp³-hybridized carbons (Fsp3) is 0.286. The van der Waals surface area contributed by atoms with Crippen molar-refractivity contribution in [1.82, 2.24) is 5.32 Å². The van der Waals surface area contributed by atoms with Gasteiger partial charge >= 0.3 is 0 Å². The third-order valence-electron chi connectivity index (χ3n) is 5.35. The van der Waals surface area contributed by atoms with E-state index in [-0.39, 0.29) is 32.6 Å². The normalized spacial score (nSPS) is 12.2. The Bertz CT molecular complexity index is 1310. The number of sulfone groups is 1. The first-order valence-corrected chi connectivity index (χ1v) is 12.8. The third-order valence-corrected chi connectivity index (χ3v) is 7.14. The molecule has 2 N–H and O–H groups in total. The van der Waals surface area contributed by atoms with Gasteiger partial charge in [-0.1, -0.05) is 32.9 Å². The summed E-state index contributed by atoms with van der Waals surface area (Å²) < 4.78 is 26.0. The molecule has 2 amide bonds. The van der Waals surface area contributed by atoms with Crippen LogP contribution in [-0.2, 0) is 15.3 Å². The zero-order valence-corrected chi connectivity index (χ0v) is 21.8. The van der Waals surface area contributed by atoms with E-state index in [0.717, 1.165) is 5.56 Å². The molecule has 0 unspecified atom stereocenters. The maximum Gasteiger partial charge on any atom is 0.255 e. The van der Waals surface area contributed by atoms with E-state index in [2.05, 4.69) is 31.4 Å². The number of carbonyl (C=O) groups is 2. The summed E-state index contributed by atoms with van der Waals surface area (Å²) in [5, 5.41) is 5.63. The Balaban J connectivity index is 1.70. The number of nitrogens with one attached hydrogen (secondary N) is 2. The predicted molar refractivity (Wildman–Crippen MR) is 139 cm³/mol. The average molecular weight is 493 g/mol. The molecule has 0 fully saturated rings. The largest absolute Gasteiger partial charge is 0.347 e. The molecule has 0 heterocycles. The van der Waals surface area contributed by atoms with Crippen molar-refractivity contribution in [2.24, 2.45) is 0 Å². The van der Waals surface area contributed by atoms with Crippen LogP contribution >= 0.6 is 0 Å². The van der Waals surface area contributed by atoms with E-state index in [0.29, 0.717) is 16.8 Å². The van der Waals surface area contributed by atoms with E-state index in [4.69, 9.17) is 0 Å². The summed E-state index contributed by atoms with van der Waals surface area (Å²) in [6.45, 7) is 11.9. The first-order valence-electron chi connectivity index (χ1n) is 11.4. The van der Waals surface area contributed by atoms with Crippen LogP contribution in [-0.4, -0.2) is 25.8 Å². The molecule has 6 nitrogen and oxygen atoms in total. The highest BCUT2D eigenvalue weighted by Crippen LogP contribution is 2.27. The summed E-state index contributed by atoms with van der Waals surface area (Å²) in [6.07, 6.45) is 0. The number of hydrogen-bond acceptors (Lipinski definition) is 4. The lowest BCUT2D eigenvalue weighted by atomic mass is 9.87. The van der Waals surface area contributed by atoms with Gasteiger partial charge in [0.05, 0.1) is 9.79 Å². The fourth-order valence-electron chi connectivity index (χ4n) is 3.38. The molecular formula is C28H32N2O4S. The van der Waals surface area contributed by atoms with E-state index in [9.17, 15) is 18.0 Å². The Morgan fingerprint density at radius 3 is 1.49 bits per heavy atom. The molecule has 3 aromatic carbocycles. The van der Waals surface area contributed by atoms with Crippen molar-refractivity contribution < 1.29 is 18.0 Å². The zero-order valence-electron chi connectivity index (χ0n) is 21.0. The summed E-state index contributed by atoms with van der Waals surface area (Å²) in [6, 6.07) is 19.3. The standard InChI is InChI=1S/C28H32N2O4S/c1-27(2,3)21-11-15-23(16-12-21)35(33,34)24-17-13-22(14-18-24)29-25(31)19-7-9-20(10-8-19)26(32)30-28(4,5)6/h7-18H,1-6H3,(H,29,31)(H,30,32). The molecule has 0 aromatic heterocycles. The molecule has 184 valence electrons. The summed E-state index contributed by atoms with van der Waals surface area (Å²) in [7, 11) is -3.68. The lowest BCUT2D eigenvalue weighted by molar-refractivity contribution is 0.0918. The van der Waals surface area contributed by atoms with Crippen molar-refractivity contribution in [3.63, 3.8) is 0 Å². The highest BCUT2D eigenvalue weighted by Gasteiger charge is 2.20. The van der Waals surface area contributed by atoms with Gasteiger partial charge in [0.2, 0.25) is 9.84 Å². The Labute approximate surface area is 207 Å². The van der Waals surface area contributed by atoms with Crippen LogP contribution in [0.1, 0.15) is 67.8 Å². The van der Waals surface area contributed by atoms with Crippen LogP contribution in [0.2, 0.25) is 0 Å². The minimum Gasteiger partial charge on any atom is -0.347 e. The minimum absolute atomic E-state index is 0.0681. The van der Waals surface area contributed by atoms with E-state index < -0.39 is 9.84 Å². The van der Waals surface area contributed by atoms with Crippen LogP contribution in [0, 0.1) is 0 Å². The van der Waals surface area contributed by atoms with Crippen molar-refractivity contribution in [3.8, 4) is 0 Å². The van der Waals surface area contributed by atoms with Crippen molar-refractivity contribution in [1.29, 1.82) is 0 Å². The van der Waals surface area contributed by atoms with Gasteiger partial charge in [-0.15, -0.1) is 0 Å². The van der Waals surface area contributed by atoms with Crippen molar-refractivity contribution in [2.45, 2.75) is 62.3 Å². The molecule has 0 aliphatic carbocycles. The van der Waals surface area contributed by atoms with Crippen LogP contribution in [0.25, 0.3) is 0 Å². The molecule has 3 rings (SSSR count). The Hall–Kier alpha value is -3.45. The van der Waals surface area contributed by atoms with E-state index in [1.807, 2.05) is 32.9 Å². The summed E-state index contributed by atoms with van der Waals surface area (Å²) in [4.78, 5) is 25.2. The van der Waals surface area contributed by atoms with Gasteiger partial charge in [-0.3, -0.25) is 9.59 Å². The number of rotatable bonds is 5. The lowest BCUT2D eigenvalue weighted by Crippen LogP contribution is -2.40. The van der Waals surface area contributed by atoms with E-state index in [1.165, 1.54) is 12.1 Å². The van der Waals surface area contributed by atoms with Crippen molar-refractivity contribution in [2.75, 3.05) is 5.32 Å². The summed E-state index contributed by atoms with van der Waals surface area (Å²) >= 11 is 0. The fourth-order valence-corrected chi connectivity index (χ4v) is 4.64. The highest BCUT2D eigenvalue weighted by molar-refractivity contribution is 7.91. The SMILES string of the molecule is CC(C)(C)NC(=O)c1ccc(C(=O)Nc2ccc(S(=O)(=O)c3ccc(C(C)(C)C)cc3)cc2)cc1. The second kappa shape index (κ2) is 9.66. The number of hydrogen-bond donors (Lipinski definition) is 2.